The number of nitrogens with zero attached hydrogens (tertiary/aromatic N) is 5. The fourth-order valence-electron chi connectivity index (χ4n) is 5.49. The molecule has 0 amide bonds. The summed E-state index contributed by atoms with van der Waals surface area (Å²) >= 11 is 0. The third-order valence-electron chi connectivity index (χ3n) is 7.97. The Kier molecular flexibility index (Phi) is 18.4. The van der Waals surface area contributed by atoms with Crippen LogP contribution >= 0.6 is 0 Å². The number of imidazole rings is 1. The van der Waals surface area contributed by atoms with Crippen molar-refractivity contribution in [1.82, 2.24) is 19.6 Å². The van der Waals surface area contributed by atoms with Gasteiger partial charge in [-0.2, -0.15) is 17.2 Å². The first-order chi connectivity index (χ1) is 21.0. The number of fused-ring (bicyclic) bond motifs is 1. The van der Waals surface area contributed by atoms with Crippen LogP contribution < -0.4 is 33.3 Å². The molecule has 45 heavy (non-hydrogen) atoms. The number of halogens is 1. The first kappa shape index (κ1) is 38.8. The molecular formula is C37H52FeIN5O-6. The summed E-state index contributed by atoms with van der Waals surface area (Å²) < 4.78 is 12.8. The van der Waals surface area contributed by atoms with Gasteiger partial charge in [0, 0.05) is 35.4 Å². The fourth-order valence-corrected chi connectivity index (χ4v) is 5.49. The molecule has 0 aliphatic rings. The van der Waals surface area contributed by atoms with Crippen molar-refractivity contribution in [2.45, 2.75) is 111 Å². The normalized spacial score (nSPS) is 10.9. The van der Waals surface area contributed by atoms with Crippen LogP contribution in [-0.4, -0.2) is 26.2 Å². The van der Waals surface area contributed by atoms with E-state index >= 15 is 0 Å². The molecule has 5 rings (SSSR count). The molecule has 0 N–H and O–H groups in total. The minimum absolute atomic E-state index is 0. The van der Waals surface area contributed by atoms with Gasteiger partial charge in [-0.25, -0.2) is 9.13 Å². The summed E-state index contributed by atoms with van der Waals surface area (Å²) in [6, 6.07) is 25.7. The van der Waals surface area contributed by atoms with Gasteiger partial charge in [0.25, 0.3) is 0 Å². The molecule has 5 aromatic rings. The van der Waals surface area contributed by atoms with Gasteiger partial charge in [0.2, 0.25) is 6.33 Å². The van der Waals surface area contributed by atoms with E-state index in [1.54, 1.807) is 0 Å². The topological polar surface area (TPSA) is 48.8 Å². The molecule has 8 heteroatoms. The molecule has 252 valence electrons. The predicted molar refractivity (Wildman–Crippen MR) is 178 cm³/mol. The maximum absolute atomic E-state index is 6.12. The summed E-state index contributed by atoms with van der Waals surface area (Å²) in [5, 5.41) is 8.54. The molecule has 0 aliphatic heterocycles. The smallest absolute Gasteiger partial charge is 0.245 e. The number of hydrogen-bond donors (Lipinski definition) is 0. The van der Waals surface area contributed by atoms with Gasteiger partial charge in [0.15, 0.2) is 11.0 Å². The average Bonchev–Trinajstić information content (AvgIpc) is 3.82. The van der Waals surface area contributed by atoms with Crippen molar-refractivity contribution in [2.75, 3.05) is 6.61 Å². The van der Waals surface area contributed by atoms with E-state index in [0.29, 0.717) is 12.1 Å². The summed E-state index contributed by atoms with van der Waals surface area (Å²) in [6.07, 6.45) is 17.2. The van der Waals surface area contributed by atoms with Gasteiger partial charge in [-0.3, -0.25) is 4.68 Å². The van der Waals surface area contributed by atoms with E-state index in [2.05, 4.69) is 90.0 Å². The SMILES string of the molecule is CC(C)n1c[n+](C(C)C)c2ccc(OCCCCCCCCCCCCn3cc(-[c-]4cccc4)nn3)cc21.[Fe].[I-].[cH-]1[cH-][cH-][cH-][cH-]1. The van der Waals surface area contributed by atoms with Crippen molar-refractivity contribution in [3.05, 3.63) is 85.3 Å². The van der Waals surface area contributed by atoms with Gasteiger partial charge in [0.05, 0.1) is 18.7 Å². The molecule has 0 spiro atoms. The summed E-state index contributed by atoms with van der Waals surface area (Å²) in [6.45, 7) is 10.7. The van der Waals surface area contributed by atoms with E-state index in [9.17, 15) is 0 Å². The number of ether oxygens (including phenoxy) is 1. The van der Waals surface area contributed by atoms with Gasteiger partial charge in [-0.15, -0.1) is 12.1 Å². The van der Waals surface area contributed by atoms with Crippen LogP contribution in [0.2, 0.25) is 0 Å². The van der Waals surface area contributed by atoms with Crippen molar-refractivity contribution < 1.29 is 50.3 Å². The first-order valence-corrected chi connectivity index (χ1v) is 16.5. The zero-order chi connectivity index (χ0) is 30.3. The van der Waals surface area contributed by atoms with Crippen molar-refractivity contribution in [3.8, 4) is 17.0 Å². The Morgan fingerprint density at radius 2 is 1.40 bits per heavy atom. The van der Waals surface area contributed by atoms with Crippen LogP contribution in [-0.2, 0) is 23.6 Å². The molecule has 0 aliphatic carbocycles. The predicted octanol–water partition coefficient (Wildman–Crippen LogP) is 6.46. The van der Waals surface area contributed by atoms with E-state index in [0.717, 1.165) is 36.6 Å². The first-order valence-electron chi connectivity index (χ1n) is 16.5. The van der Waals surface area contributed by atoms with Gasteiger partial charge < -0.3 is 59.0 Å². The number of hydrogen-bond acceptors (Lipinski definition) is 3. The molecule has 6 nitrogen and oxygen atoms in total. The molecule has 3 aromatic carbocycles. The zero-order valence-corrected chi connectivity index (χ0v) is 30.9. The zero-order valence-electron chi connectivity index (χ0n) is 27.6. The molecule has 0 bridgehead atoms. The maximum Gasteiger partial charge on any atom is 0.245 e. The van der Waals surface area contributed by atoms with E-state index in [-0.39, 0.29) is 41.0 Å². The second-order valence-corrected chi connectivity index (χ2v) is 12.2. The van der Waals surface area contributed by atoms with E-state index in [1.807, 2.05) is 47.1 Å². The van der Waals surface area contributed by atoms with Gasteiger partial charge in [0.1, 0.15) is 5.75 Å². The van der Waals surface area contributed by atoms with Crippen molar-refractivity contribution in [1.29, 1.82) is 0 Å². The molecule has 0 radical (unpaired) electrons. The van der Waals surface area contributed by atoms with Crippen LogP contribution in [0.25, 0.3) is 22.3 Å². The van der Waals surface area contributed by atoms with Crippen molar-refractivity contribution >= 4 is 11.0 Å². The van der Waals surface area contributed by atoms with Crippen LogP contribution in [0.1, 0.15) is 104 Å². The van der Waals surface area contributed by atoms with Crippen LogP contribution in [0.4, 0.5) is 0 Å². The minimum Gasteiger partial charge on any atom is -1.00 e. The molecule has 0 fully saturated rings. The largest absolute Gasteiger partial charge is 1.00 e. The van der Waals surface area contributed by atoms with Gasteiger partial charge in [-0.1, -0.05) is 62.1 Å². The number of rotatable bonds is 17. The minimum atomic E-state index is 0. The Bertz CT molecular complexity index is 1410. The summed E-state index contributed by atoms with van der Waals surface area (Å²) in [5.41, 5.74) is 4.66. The Hall–Kier alpha value is -2.42. The Morgan fingerprint density at radius 1 is 0.822 bits per heavy atom. The molecule has 0 atom stereocenters. The van der Waals surface area contributed by atoms with Gasteiger partial charge in [-0.05, 0) is 58.9 Å². The Morgan fingerprint density at radius 3 is 1.98 bits per heavy atom. The van der Waals surface area contributed by atoms with Crippen LogP contribution in [0.5, 0.6) is 5.75 Å². The second-order valence-electron chi connectivity index (χ2n) is 12.2. The fraction of sp³-hybridized carbons (Fsp3) is 0.486. The van der Waals surface area contributed by atoms with Crippen LogP contribution in [0.15, 0.2) is 85.3 Å². The van der Waals surface area contributed by atoms with E-state index < -0.39 is 0 Å². The number of benzene rings is 1. The van der Waals surface area contributed by atoms with Crippen molar-refractivity contribution in [3.63, 3.8) is 0 Å². The summed E-state index contributed by atoms with van der Waals surface area (Å²) in [4.78, 5) is 0. The third kappa shape index (κ3) is 12.7. The number of unbranched alkanes of at least 4 members (excludes halogenated alkanes) is 9. The number of aromatic nitrogens is 5. The molecular weight excluding hydrogens is 713 g/mol. The molecule has 2 heterocycles. The molecule has 0 unspecified atom stereocenters. The third-order valence-corrected chi connectivity index (χ3v) is 7.97. The quantitative estimate of drug-likeness (QED) is 0.0360. The summed E-state index contributed by atoms with van der Waals surface area (Å²) in [5.74, 6) is 0.986. The van der Waals surface area contributed by atoms with Crippen LogP contribution in [0, 0.1) is 0 Å². The van der Waals surface area contributed by atoms with Crippen molar-refractivity contribution in [2.24, 2.45) is 0 Å². The maximum atomic E-state index is 6.12. The molecule has 2 aromatic heterocycles. The number of aryl methyl sites for hydroxylation is 1. The van der Waals surface area contributed by atoms with Crippen LogP contribution in [0.3, 0.4) is 0 Å². The van der Waals surface area contributed by atoms with E-state index in [1.165, 1.54) is 68.8 Å². The molecule has 0 saturated heterocycles. The Balaban J connectivity index is 0.000000917. The average molecular weight is 766 g/mol. The standard InChI is InChI=1S/C32H47N5O.C5H5.Fe.HI/c1-26(2)36-25-37(27(3)4)32-23-29(19-20-31(32)36)38-22-16-12-10-8-6-5-7-9-11-15-21-35-24-30(33-34-35)28-17-13-14-18-28;1-2-4-5-3-1;;/h13-14,17-20,23-27H,5-12,15-16,21-22H2,1-4H3;1-5H;;1H/q;-5;;/p-1. The van der Waals surface area contributed by atoms with Gasteiger partial charge >= 0.3 is 0 Å². The van der Waals surface area contributed by atoms with E-state index in [4.69, 9.17) is 4.74 Å². The Labute approximate surface area is 298 Å². The second kappa shape index (κ2) is 21.4. The summed E-state index contributed by atoms with van der Waals surface area (Å²) in [7, 11) is 0. The monoisotopic (exact) mass is 765 g/mol. The molecule has 0 saturated carbocycles.